The molecular formula is C17H23ClN4O. The highest BCUT2D eigenvalue weighted by atomic mass is 35.5. The first-order valence-corrected chi connectivity index (χ1v) is 7.72. The Balaban J connectivity index is 0.00000192. The summed E-state index contributed by atoms with van der Waals surface area (Å²) in [6, 6.07) is 8.13. The third-order valence-electron chi connectivity index (χ3n) is 4.26. The lowest BCUT2D eigenvalue weighted by Gasteiger charge is -2.19. The number of fused-ring (bicyclic) bond motifs is 1. The van der Waals surface area contributed by atoms with Crippen LogP contribution in [-0.4, -0.2) is 29.7 Å². The molecule has 0 unspecified atom stereocenters. The number of carbonyl (C=O) groups excluding carboxylic acids is 1. The van der Waals surface area contributed by atoms with Gasteiger partial charge in [-0.1, -0.05) is 26.0 Å². The van der Waals surface area contributed by atoms with Crippen molar-refractivity contribution in [2.45, 2.75) is 32.7 Å². The van der Waals surface area contributed by atoms with Crippen molar-refractivity contribution in [3.8, 4) is 0 Å². The number of nitrogens with zero attached hydrogens (tertiary/aromatic N) is 2. The van der Waals surface area contributed by atoms with Crippen molar-refractivity contribution in [2.24, 2.45) is 0 Å². The summed E-state index contributed by atoms with van der Waals surface area (Å²) in [5, 5.41) is 10.5. The summed E-state index contributed by atoms with van der Waals surface area (Å²) in [6.45, 7) is 5.95. The molecule has 0 aliphatic carbocycles. The lowest BCUT2D eigenvalue weighted by molar-refractivity contribution is 0.0987. The molecule has 2 heterocycles. The molecule has 5 nitrogen and oxygen atoms in total. The number of hydrogen-bond donors (Lipinski definition) is 2. The Morgan fingerprint density at radius 3 is 2.61 bits per heavy atom. The molecule has 1 aromatic carbocycles. The average Bonchev–Trinajstić information content (AvgIpc) is 2.97. The molecule has 0 saturated carbocycles. The summed E-state index contributed by atoms with van der Waals surface area (Å²) in [7, 11) is 1.80. The molecule has 0 fully saturated rings. The fourth-order valence-corrected chi connectivity index (χ4v) is 2.76. The predicted octanol–water partition coefficient (Wildman–Crippen LogP) is 2.88. The van der Waals surface area contributed by atoms with Crippen LogP contribution in [0.5, 0.6) is 0 Å². The second-order valence-electron chi connectivity index (χ2n) is 6.07. The maximum atomic E-state index is 12.7. The fourth-order valence-electron chi connectivity index (χ4n) is 2.76. The minimum atomic E-state index is -0.0708. The van der Waals surface area contributed by atoms with Gasteiger partial charge in [0, 0.05) is 43.5 Å². The number of benzene rings is 1. The van der Waals surface area contributed by atoms with E-state index in [1.807, 2.05) is 12.1 Å². The Kier molecular flexibility index (Phi) is 5.44. The lowest BCUT2D eigenvalue weighted by Crippen LogP contribution is -2.30. The second kappa shape index (κ2) is 7.15. The van der Waals surface area contributed by atoms with Gasteiger partial charge in [-0.3, -0.25) is 9.89 Å². The molecule has 23 heavy (non-hydrogen) atoms. The summed E-state index contributed by atoms with van der Waals surface area (Å²) in [4.78, 5) is 14.4. The number of hydrogen-bond acceptors (Lipinski definition) is 3. The smallest absolute Gasteiger partial charge is 0.278 e. The van der Waals surface area contributed by atoms with Gasteiger partial charge in [-0.05, 0) is 23.6 Å². The van der Waals surface area contributed by atoms with Crippen molar-refractivity contribution in [2.75, 3.05) is 18.5 Å². The summed E-state index contributed by atoms with van der Waals surface area (Å²) in [5.41, 5.74) is 4.76. The Morgan fingerprint density at radius 2 is 1.96 bits per heavy atom. The molecule has 6 heteroatoms. The molecule has 1 aliphatic heterocycles. The Hall–Kier alpha value is -1.85. The van der Waals surface area contributed by atoms with Crippen LogP contribution in [0.3, 0.4) is 0 Å². The van der Waals surface area contributed by atoms with Gasteiger partial charge in [0.1, 0.15) is 0 Å². The van der Waals surface area contributed by atoms with Gasteiger partial charge in [0.25, 0.3) is 5.91 Å². The van der Waals surface area contributed by atoms with Crippen LogP contribution in [0.25, 0.3) is 0 Å². The molecular weight excluding hydrogens is 312 g/mol. The molecule has 0 saturated heterocycles. The topological polar surface area (TPSA) is 61.0 Å². The van der Waals surface area contributed by atoms with Crippen LogP contribution in [-0.2, 0) is 13.0 Å². The Morgan fingerprint density at radius 1 is 1.26 bits per heavy atom. The summed E-state index contributed by atoms with van der Waals surface area (Å²) in [5.74, 6) is 0.415. The molecule has 3 rings (SSSR count). The van der Waals surface area contributed by atoms with Crippen LogP contribution in [0.15, 0.2) is 24.3 Å². The zero-order valence-corrected chi connectivity index (χ0v) is 14.5. The number of aromatic nitrogens is 2. The van der Waals surface area contributed by atoms with Gasteiger partial charge in [0.2, 0.25) is 0 Å². The maximum Gasteiger partial charge on any atom is 0.278 e. The maximum absolute atomic E-state index is 12.7. The van der Waals surface area contributed by atoms with E-state index in [2.05, 4.69) is 41.5 Å². The number of amides is 1. The van der Waals surface area contributed by atoms with Crippen molar-refractivity contribution in [1.82, 2.24) is 15.5 Å². The highest BCUT2D eigenvalue weighted by Gasteiger charge is 2.24. The van der Waals surface area contributed by atoms with Crippen LogP contribution in [0, 0.1) is 0 Å². The SMILES string of the molecule is CC(C)c1ccc(N(C)C(=O)c2n[nH]c3c2CNCC3)cc1.Cl. The summed E-state index contributed by atoms with van der Waals surface area (Å²) < 4.78 is 0. The monoisotopic (exact) mass is 334 g/mol. The van der Waals surface area contributed by atoms with Gasteiger partial charge < -0.3 is 10.2 Å². The van der Waals surface area contributed by atoms with Crippen LogP contribution in [0.4, 0.5) is 5.69 Å². The van der Waals surface area contributed by atoms with Gasteiger partial charge >= 0.3 is 0 Å². The number of rotatable bonds is 3. The van der Waals surface area contributed by atoms with Crippen LogP contribution in [0.1, 0.15) is 47.1 Å². The lowest BCUT2D eigenvalue weighted by atomic mass is 10.0. The van der Waals surface area contributed by atoms with E-state index < -0.39 is 0 Å². The molecule has 1 aromatic heterocycles. The molecule has 0 bridgehead atoms. The fraction of sp³-hybridized carbons (Fsp3) is 0.412. The van der Waals surface area contributed by atoms with E-state index in [9.17, 15) is 4.79 Å². The largest absolute Gasteiger partial charge is 0.312 e. The van der Waals surface area contributed by atoms with Crippen molar-refractivity contribution in [3.63, 3.8) is 0 Å². The van der Waals surface area contributed by atoms with E-state index in [1.54, 1.807) is 11.9 Å². The van der Waals surface area contributed by atoms with E-state index in [4.69, 9.17) is 0 Å². The molecule has 0 spiro atoms. The number of nitrogens with one attached hydrogen (secondary N) is 2. The van der Waals surface area contributed by atoms with E-state index in [1.165, 1.54) is 5.56 Å². The van der Waals surface area contributed by atoms with Crippen molar-refractivity contribution >= 4 is 24.0 Å². The van der Waals surface area contributed by atoms with Gasteiger partial charge in [0.15, 0.2) is 5.69 Å². The van der Waals surface area contributed by atoms with Crippen LogP contribution < -0.4 is 10.2 Å². The first-order valence-electron chi connectivity index (χ1n) is 7.72. The highest BCUT2D eigenvalue weighted by molar-refractivity contribution is 6.05. The Bertz CT molecular complexity index is 678. The molecule has 0 radical (unpaired) electrons. The number of aromatic amines is 1. The van der Waals surface area contributed by atoms with Crippen molar-refractivity contribution in [1.29, 1.82) is 0 Å². The van der Waals surface area contributed by atoms with E-state index in [0.29, 0.717) is 18.2 Å². The molecule has 0 atom stereocenters. The zero-order valence-electron chi connectivity index (χ0n) is 13.7. The molecule has 1 amide bonds. The normalized spacial score (nSPS) is 13.4. The average molecular weight is 335 g/mol. The predicted molar refractivity (Wildman–Crippen MR) is 94.5 cm³/mol. The standard InChI is InChI=1S/C17H22N4O.ClH/c1-11(2)12-4-6-13(7-5-12)21(3)17(22)16-14-10-18-9-8-15(14)19-20-16;/h4-7,11,18H,8-10H2,1-3H3,(H,19,20);1H. The zero-order chi connectivity index (χ0) is 15.7. The number of H-pyrrole nitrogens is 1. The van der Waals surface area contributed by atoms with E-state index in [-0.39, 0.29) is 18.3 Å². The highest BCUT2D eigenvalue weighted by Crippen LogP contribution is 2.22. The minimum absolute atomic E-state index is 0. The third kappa shape index (κ3) is 3.41. The summed E-state index contributed by atoms with van der Waals surface area (Å²) in [6.07, 6.45) is 0.891. The molecule has 124 valence electrons. The van der Waals surface area contributed by atoms with E-state index in [0.717, 1.165) is 29.9 Å². The van der Waals surface area contributed by atoms with Gasteiger partial charge in [-0.15, -0.1) is 12.4 Å². The molecule has 2 aromatic rings. The first-order chi connectivity index (χ1) is 10.6. The molecule has 2 N–H and O–H groups in total. The first kappa shape index (κ1) is 17.5. The Labute approximate surface area is 142 Å². The van der Waals surface area contributed by atoms with Gasteiger partial charge in [-0.2, -0.15) is 5.10 Å². The van der Waals surface area contributed by atoms with Gasteiger partial charge in [0.05, 0.1) is 0 Å². The van der Waals surface area contributed by atoms with E-state index >= 15 is 0 Å². The third-order valence-corrected chi connectivity index (χ3v) is 4.26. The minimum Gasteiger partial charge on any atom is -0.312 e. The number of anilines is 1. The second-order valence-corrected chi connectivity index (χ2v) is 6.07. The van der Waals surface area contributed by atoms with Gasteiger partial charge in [-0.25, -0.2) is 0 Å². The quantitative estimate of drug-likeness (QED) is 0.907. The van der Waals surface area contributed by atoms with Crippen molar-refractivity contribution in [3.05, 3.63) is 46.8 Å². The van der Waals surface area contributed by atoms with Crippen LogP contribution >= 0.6 is 12.4 Å². The molecule has 1 aliphatic rings. The van der Waals surface area contributed by atoms with Crippen molar-refractivity contribution < 1.29 is 4.79 Å². The summed E-state index contributed by atoms with van der Waals surface area (Å²) >= 11 is 0. The number of carbonyl (C=O) groups is 1. The number of halogens is 1. The van der Waals surface area contributed by atoms with Crippen LogP contribution in [0.2, 0.25) is 0 Å².